The molecule has 2 aromatic carbocycles. The molecule has 3 heterocycles. The van der Waals surface area contributed by atoms with Crippen molar-refractivity contribution in [1.29, 1.82) is 0 Å². The van der Waals surface area contributed by atoms with Crippen molar-refractivity contribution in [3.8, 4) is 17.4 Å². The Morgan fingerprint density at radius 2 is 1.67 bits per heavy atom. The van der Waals surface area contributed by atoms with E-state index in [1.807, 2.05) is 86.1 Å². The maximum Gasteiger partial charge on any atom is 0.335 e. The van der Waals surface area contributed by atoms with Crippen LogP contribution in [0.1, 0.15) is 19.9 Å². The quantitative estimate of drug-likeness (QED) is 0.448. The predicted molar refractivity (Wildman–Crippen MR) is 117 cm³/mol. The lowest BCUT2D eigenvalue weighted by Gasteiger charge is -2.07. The lowest BCUT2D eigenvalue weighted by molar-refractivity contribution is 0.428. The number of rotatable bonds is 4. The lowest BCUT2D eigenvalue weighted by Crippen LogP contribution is -2.24. The molecule has 0 spiro atoms. The normalized spacial score (nSPS) is 11.6. The minimum absolute atomic E-state index is 0.0330. The van der Waals surface area contributed by atoms with Crippen LogP contribution < -0.4 is 10.4 Å². The monoisotopic (exact) mass is 399 g/mol. The fourth-order valence-electron chi connectivity index (χ4n) is 3.77. The Hall–Kier alpha value is -3.87. The summed E-state index contributed by atoms with van der Waals surface area (Å²) < 4.78 is 11.3. The average molecular weight is 399 g/mol. The van der Waals surface area contributed by atoms with Crippen LogP contribution in [0.3, 0.4) is 0 Å². The fourth-order valence-corrected chi connectivity index (χ4v) is 3.77. The van der Waals surface area contributed by atoms with Gasteiger partial charge in [0.1, 0.15) is 5.75 Å². The van der Waals surface area contributed by atoms with Gasteiger partial charge in [-0.05, 0) is 62.4 Å². The van der Waals surface area contributed by atoms with E-state index in [2.05, 4.69) is 9.97 Å². The first-order valence-corrected chi connectivity index (χ1v) is 9.82. The van der Waals surface area contributed by atoms with Gasteiger partial charge in [0.25, 0.3) is 0 Å². The number of ether oxygens (including phenoxy) is 1. The number of para-hydroxylation sites is 2. The summed E-state index contributed by atoms with van der Waals surface area (Å²) in [6.07, 6.45) is 1.70. The second-order valence-corrected chi connectivity index (χ2v) is 7.47. The zero-order valence-corrected chi connectivity index (χ0v) is 17.0. The lowest BCUT2D eigenvalue weighted by atomic mass is 10.3. The van der Waals surface area contributed by atoms with Gasteiger partial charge >= 0.3 is 11.7 Å². The van der Waals surface area contributed by atoms with Crippen molar-refractivity contribution in [1.82, 2.24) is 23.7 Å². The average Bonchev–Trinajstić information content (AvgIpc) is 3.22. The van der Waals surface area contributed by atoms with E-state index >= 15 is 0 Å². The van der Waals surface area contributed by atoms with Gasteiger partial charge < -0.3 is 4.74 Å². The van der Waals surface area contributed by atoms with Crippen LogP contribution in [0.2, 0.25) is 0 Å². The molecule has 0 fully saturated rings. The van der Waals surface area contributed by atoms with Crippen LogP contribution in [0, 0.1) is 0 Å². The Morgan fingerprint density at radius 1 is 0.933 bits per heavy atom. The van der Waals surface area contributed by atoms with Crippen LogP contribution in [-0.4, -0.2) is 23.7 Å². The van der Waals surface area contributed by atoms with Gasteiger partial charge in [0.2, 0.25) is 0 Å². The van der Waals surface area contributed by atoms with Crippen LogP contribution in [0.5, 0.6) is 11.8 Å². The molecule has 0 saturated heterocycles. The Balaban J connectivity index is 1.54. The van der Waals surface area contributed by atoms with Crippen LogP contribution in [0.15, 0.2) is 71.7 Å². The van der Waals surface area contributed by atoms with Crippen LogP contribution >= 0.6 is 0 Å². The maximum atomic E-state index is 13.1. The number of aromatic nitrogens is 5. The second kappa shape index (κ2) is 6.88. The zero-order valence-electron chi connectivity index (χ0n) is 17.0. The largest absolute Gasteiger partial charge is 0.425 e. The van der Waals surface area contributed by atoms with Crippen molar-refractivity contribution in [3.63, 3.8) is 0 Å². The second-order valence-electron chi connectivity index (χ2n) is 7.47. The highest BCUT2D eigenvalue weighted by atomic mass is 16.5. The molecule has 0 amide bonds. The Kier molecular flexibility index (Phi) is 4.17. The molecule has 7 heteroatoms. The Bertz CT molecular complexity index is 1420. The van der Waals surface area contributed by atoms with Gasteiger partial charge in [-0.3, -0.25) is 9.13 Å². The number of imidazole rings is 2. The van der Waals surface area contributed by atoms with Crippen LogP contribution in [-0.2, 0) is 7.05 Å². The predicted octanol–water partition coefficient (Wildman–Crippen LogP) is 4.45. The first-order chi connectivity index (χ1) is 14.5. The standard InChI is InChI=1S/C23H21N5O2/c1-15(2)27-20-9-6-14-24-21(20)28(23(27)29)16-10-12-17(13-11-16)30-22-25-18-7-4-5-8-19(18)26(22)3/h4-15H,1-3H3. The van der Waals surface area contributed by atoms with Crippen molar-refractivity contribution in [2.75, 3.05) is 0 Å². The molecule has 0 saturated carbocycles. The number of hydrogen-bond donors (Lipinski definition) is 0. The van der Waals surface area contributed by atoms with Crippen molar-refractivity contribution in [2.45, 2.75) is 19.9 Å². The molecule has 5 aromatic rings. The van der Waals surface area contributed by atoms with Gasteiger partial charge in [0, 0.05) is 19.3 Å². The van der Waals surface area contributed by atoms with Crippen molar-refractivity contribution >= 4 is 22.2 Å². The smallest absolute Gasteiger partial charge is 0.335 e. The summed E-state index contributed by atoms with van der Waals surface area (Å²) in [4.78, 5) is 22.1. The number of benzene rings is 2. The third kappa shape index (κ3) is 2.78. The number of pyridine rings is 1. The van der Waals surface area contributed by atoms with Gasteiger partial charge in [-0.1, -0.05) is 12.1 Å². The van der Waals surface area contributed by atoms with Gasteiger partial charge in [0.05, 0.1) is 22.2 Å². The first-order valence-electron chi connectivity index (χ1n) is 9.82. The van der Waals surface area contributed by atoms with E-state index < -0.39 is 0 Å². The summed E-state index contributed by atoms with van der Waals surface area (Å²) in [6, 6.07) is 19.6. The zero-order chi connectivity index (χ0) is 20.8. The van der Waals surface area contributed by atoms with E-state index in [-0.39, 0.29) is 11.7 Å². The molecular weight excluding hydrogens is 378 g/mol. The van der Waals surface area contributed by atoms with Crippen molar-refractivity contribution in [2.24, 2.45) is 7.05 Å². The van der Waals surface area contributed by atoms with Gasteiger partial charge in [-0.2, -0.15) is 4.98 Å². The van der Waals surface area contributed by atoms with Gasteiger partial charge in [-0.25, -0.2) is 14.3 Å². The Morgan fingerprint density at radius 3 is 2.40 bits per heavy atom. The van der Waals surface area contributed by atoms with Crippen molar-refractivity contribution in [3.05, 3.63) is 77.3 Å². The number of hydrogen-bond acceptors (Lipinski definition) is 4. The Labute approximate surface area is 172 Å². The summed E-state index contributed by atoms with van der Waals surface area (Å²) in [5.74, 6) is 0.644. The molecule has 0 aliphatic heterocycles. The molecule has 150 valence electrons. The summed E-state index contributed by atoms with van der Waals surface area (Å²) in [5, 5.41) is 0. The van der Waals surface area contributed by atoms with Gasteiger partial charge in [-0.15, -0.1) is 0 Å². The van der Waals surface area contributed by atoms with E-state index in [9.17, 15) is 4.79 Å². The van der Waals surface area contributed by atoms with E-state index in [1.54, 1.807) is 15.3 Å². The molecule has 0 bridgehead atoms. The highest BCUT2D eigenvalue weighted by Gasteiger charge is 2.17. The fraction of sp³-hybridized carbons (Fsp3) is 0.174. The molecule has 3 aromatic heterocycles. The molecule has 0 atom stereocenters. The van der Waals surface area contributed by atoms with E-state index in [0.717, 1.165) is 22.2 Å². The third-order valence-corrected chi connectivity index (χ3v) is 5.20. The van der Waals surface area contributed by atoms with E-state index in [4.69, 9.17) is 4.74 Å². The molecule has 0 N–H and O–H groups in total. The highest BCUT2D eigenvalue weighted by Crippen LogP contribution is 2.26. The number of aryl methyl sites for hydroxylation is 1. The minimum atomic E-state index is -0.109. The molecule has 0 aliphatic carbocycles. The van der Waals surface area contributed by atoms with Crippen LogP contribution in [0.4, 0.5) is 0 Å². The first kappa shape index (κ1) is 18.2. The van der Waals surface area contributed by atoms with E-state index in [0.29, 0.717) is 17.4 Å². The molecule has 7 nitrogen and oxygen atoms in total. The summed E-state index contributed by atoms with van der Waals surface area (Å²) >= 11 is 0. The summed E-state index contributed by atoms with van der Waals surface area (Å²) in [6.45, 7) is 3.98. The third-order valence-electron chi connectivity index (χ3n) is 5.20. The summed E-state index contributed by atoms with van der Waals surface area (Å²) in [7, 11) is 1.92. The molecular formula is C23H21N5O2. The minimum Gasteiger partial charge on any atom is -0.425 e. The van der Waals surface area contributed by atoms with Gasteiger partial charge in [0.15, 0.2) is 5.65 Å². The molecule has 0 aliphatic rings. The molecule has 5 rings (SSSR count). The number of nitrogens with zero attached hydrogens (tertiary/aromatic N) is 5. The molecule has 30 heavy (non-hydrogen) atoms. The highest BCUT2D eigenvalue weighted by molar-refractivity contribution is 5.76. The molecule has 0 radical (unpaired) electrons. The summed E-state index contributed by atoms with van der Waals surface area (Å²) in [5.41, 5.74) is 3.97. The molecule has 0 unspecified atom stereocenters. The van der Waals surface area contributed by atoms with E-state index in [1.165, 1.54) is 0 Å². The SMILES string of the molecule is CC(C)n1c(=O)n(-c2ccc(Oc3nc4ccccc4n3C)cc2)c2ncccc21. The topological polar surface area (TPSA) is 66.9 Å². The number of fused-ring (bicyclic) bond motifs is 2. The van der Waals surface area contributed by atoms with Crippen molar-refractivity contribution < 1.29 is 4.74 Å². The maximum absolute atomic E-state index is 13.1. The van der Waals surface area contributed by atoms with Crippen LogP contribution in [0.25, 0.3) is 27.9 Å².